The lowest BCUT2D eigenvalue weighted by Crippen LogP contribution is -2.33. The molecule has 0 saturated heterocycles. The number of benzene rings is 1. The van der Waals surface area contributed by atoms with Crippen LogP contribution >= 0.6 is 11.6 Å². The quantitative estimate of drug-likeness (QED) is 0.700. The van der Waals surface area contributed by atoms with Crippen molar-refractivity contribution in [2.75, 3.05) is 5.75 Å². The van der Waals surface area contributed by atoms with E-state index in [-0.39, 0.29) is 10.7 Å². The first-order valence-corrected chi connectivity index (χ1v) is 8.54. The van der Waals surface area contributed by atoms with Crippen LogP contribution in [-0.4, -0.2) is 15.1 Å². The molecule has 1 rings (SSSR count). The van der Waals surface area contributed by atoms with Gasteiger partial charge >= 0.3 is 0 Å². The van der Waals surface area contributed by atoms with Crippen LogP contribution in [0.3, 0.4) is 0 Å². The molecule has 0 aliphatic rings. The van der Waals surface area contributed by atoms with Gasteiger partial charge < -0.3 is 4.55 Å². The molecule has 0 spiro atoms. The third-order valence-corrected chi connectivity index (χ3v) is 5.55. The molecule has 2 atom stereocenters. The molecule has 0 aromatic heterocycles. The van der Waals surface area contributed by atoms with Crippen LogP contribution in [0.1, 0.15) is 52.5 Å². The van der Waals surface area contributed by atoms with Gasteiger partial charge in [-0.2, -0.15) is 0 Å². The minimum atomic E-state index is -0.851. The molecule has 0 aliphatic carbocycles. The summed E-state index contributed by atoms with van der Waals surface area (Å²) in [6.07, 6.45) is 1.02. The fourth-order valence-electron chi connectivity index (χ4n) is 2.09. The molecule has 0 saturated carbocycles. The van der Waals surface area contributed by atoms with Gasteiger partial charge in [0.25, 0.3) is 0 Å². The third-order valence-electron chi connectivity index (χ3n) is 3.14. The fourth-order valence-corrected chi connectivity index (χ4v) is 3.56. The molecule has 0 bridgehead atoms. The van der Waals surface area contributed by atoms with Crippen molar-refractivity contribution >= 4 is 22.8 Å². The highest BCUT2D eigenvalue weighted by atomic mass is 35.5. The average molecular weight is 301 g/mol. The molecule has 108 valence electrons. The van der Waals surface area contributed by atoms with Crippen molar-refractivity contribution < 1.29 is 4.55 Å². The normalized spacial score (nSPS) is 15.6. The third kappa shape index (κ3) is 5.37. The fraction of sp³-hybridized carbons (Fsp3) is 0.625. The van der Waals surface area contributed by atoms with Crippen molar-refractivity contribution in [1.82, 2.24) is 0 Å². The van der Waals surface area contributed by atoms with Gasteiger partial charge in [0.15, 0.2) is 0 Å². The van der Waals surface area contributed by atoms with E-state index in [0.29, 0.717) is 11.7 Å². The van der Waals surface area contributed by atoms with Crippen molar-refractivity contribution in [3.8, 4) is 0 Å². The molecular weight excluding hydrogens is 276 g/mol. The lowest BCUT2D eigenvalue weighted by Gasteiger charge is -2.29. The van der Waals surface area contributed by atoms with E-state index in [4.69, 9.17) is 11.6 Å². The maximum atomic E-state index is 12.4. The van der Waals surface area contributed by atoms with Crippen LogP contribution in [-0.2, 0) is 11.2 Å². The van der Waals surface area contributed by atoms with E-state index in [1.165, 1.54) is 0 Å². The number of hydrogen-bond donors (Lipinski definition) is 0. The SMILES string of the molecule is CC(C)C[C@H](C[S@@+]([O-])C(C)(C)C)c1ccccc1Cl. The largest absolute Gasteiger partial charge is 0.616 e. The molecule has 0 radical (unpaired) electrons. The van der Waals surface area contributed by atoms with Crippen molar-refractivity contribution in [3.05, 3.63) is 34.9 Å². The summed E-state index contributed by atoms with van der Waals surface area (Å²) in [4.78, 5) is 0. The minimum Gasteiger partial charge on any atom is -0.616 e. The second-order valence-corrected chi connectivity index (χ2v) is 9.13. The Bertz CT molecular complexity index is 398. The van der Waals surface area contributed by atoms with Gasteiger partial charge in [-0.15, -0.1) is 0 Å². The standard InChI is InChI=1S/C16H25ClOS/c1-12(2)10-13(11-19(18)16(3,4)5)14-8-6-7-9-15(14)17/h6-9,12-13H,10-11H2,1-5H3/t13-,19-/m1/s1. The Balaban J connectivity index is 2.93. The molecule has 1 aromatic rings. The van der Waals surface area contributed by atoms with Gasteiger partial charge in [-0.1, -0.05) is 43.6 Å². The smallest absolute Gasteiger partial charge is 0.117 e. The monoisotopic (exact) mass is 300 g/mol. The van der Waals surface area contributed by atoms with Crippen LogP contribution < -0.4 is 0 Å². The van der Waals surface area contributed by atoms with Gasteiger partial charge in [0, 0.05) is 10.9 Å². The van der Waals surface area contributed by atoms with E-state index in [1.807, 2.05) is 39.0 Å². The first-order valence-electron chi connectivity index (χ1n) is 6.84. The summed E-state index contributed by atoms with van der Waals surface area (Å²) >= 11 is 5.45. The Morgan fingerprint density at radius 3 is 2.26 bits per heavy atom. The highest BCUT2D eigenvalue weighted by molar-refractivity contribution is 7.92. The molecule has 1 nitrogen and oxygen atoms in total. The average Bonchev–Trinajstić information content (AvgIpc) is 2.26. The second kappa shape index (κ2) is 7.01. The highest BCUT2D eigenvalue weighted by Crippen LogP contribution is 2.33. The summed E-state index contributed by atoms with van der Waals surface area (Å²) < 4.78 is 12.2. The van der Waals surface area contributed by atoms with Crippen LogP contribution in [0.15, 0.2) is 24.3 Å². The summed E-state index contributed by atoms with van der Waals surface area (Å²) in [6.45, 7) is 10.5. The molecule has 3 heteroatoms. The predicted molar refractivity (Wildman–Crippen MR) is 86.4 cm³/mol. The van der Waals surface area contributed by atoms with E-state index in [0.717, 1.165) is 17.0 Å². The Morgan fingerprint density at radius 2 is 1.79 bits per heavy atom. The Morgan fingerprint density at radius 1 is 1.21 bits per heavy atom. The molecule has 0 amide bonds. The summed E-state index contributed by atoms with van der Waals surface area (Å²) in [5.74, 6) is 1.53. The first-order chi connectivity index (χ1) is 8.71. The van der Waals surface area contributed by atoms with E-state index in [9.17, 15) is 4.55 Å². The maximum absolute atomic E-state index is 12.4. The summed E-state index contributed by atoms with van der Waals surface area (Å²) in [5.41, 5.74) is 1.13. The van der Waals surface area contributed by atoms with Gasteiger partial charge in [-0.25, -0.2) is 0 Å². The zero-order valence-electron chi connectivity index (χ0n) is 12.6. The Kier molecular flexibility index (Phi) is 6.22. The Labute approximate surface area is 125 Å². The number of halogens is 1. The van der Waals surface area contributed by atoms with Crippen molar-refractivity contribution in [2.24, 2.45) is 5.92 Å². The minimum absolute atomic E-state index is 0.170. The van der Waals surface area contributed by atoms with Gasteiger partial charge in [-0.3, -0.25) is 0 Å². The van der Waals surface area contributed by atoms with Crippen LogP contribution in [0.25, 0.3) is 0 Å². The van der Waals surface area contributed by atoms with Gasteiger partial charge in [-0.05, 0) is 55.9 Å². The van der Waals surface area contributed by atoms with E-state index < -0.39 is 11.2 Å². The van der Waals surface area contributed by atoms with Crippen molar-refractivity contribution in [1.29, 1.82) is 0 Å². The summed E-state index contributed by atoms with van der Waals surface area (Å²) in [7, 11) is 0. The Hall–Kier alpha value is -0.180. The highest BCUT2D eigenvalue weighted by Gasteiger charge is 2.30. The zero-order valence-corrected chi connectivity index (χ0v) is 14.1. The van der Waals surface area contributed by atoms with Crippen LogP contribution in [0.2, 0.25) is 5.02 Å². The van der Waals surface area contributed by atoms with Gasteiger partial charge in [0.2, 0.25) is 0 Å². The lowest BCUT2D eigenvalue weighted by atomic mass is 9.92. The molecule has 0 heterocycles. The van der Waals surface area contributed by atoms with Gasteiger partial charge in [0.1, 0.15) is 10.5 Å². The molecular formula is C16H25ClOS. The molecule has 0 aliphatic heterocycles. The first kappa shape index (κ1) is 16.9. The molecule has 1 aromatic carbocycles. The summed E-state index contributed by atoms with van der Waals surface area (Å²) in [6, 6.07) is 7.94. The van der Waals surface area contributed by atoms with Crippen molar-refractivity contribution in [2.45, 2.75) is 51.7 Å². The number of hydrogen-bond acceptors (Lipinski definition) is 1. The molecule has 19 heavy (non-hydrogen) atoms. The maximum Gasteiger partial charge on any atom is 0.117 e. The topological polar surface area (TPSA) is 23.1 Å². The van der Waals surface area contributed by atoms with E-state index in [2.05, 4.69) is 19.9 Å². The lowest BCUT2D eigenvalue weighted by molar-refractivity contribution is 0.506. The van der Waals surface area contributed by atoms with E-state index in [1.54, 1.807) is 0 Å². The number of rotatable bonds is 5. The molecule has 0 unspecified atom stereocenters. The van der Waals surface area contributed by atoms with Crippen LogP contribution in [0.4, 0.5) is 0 Å². The zero-order chi connectivity index (χ0) is 14.6. The molecule has 0 fully saturated rings. The second-order valence-electron chi connectivity index (χ2n) is 6.47. The van der Waals surface area contributed by atoms with Gasteiger partial charge in [0.05, 0.1) is 0 Å². The molecule has 0 N–H and O–H groups in total. The van der Waals surface area contributed by atoms with Crippen LogP contribution in [0, 0.1) is 5.92 Å². The van der Waals surface area contributed by atoms with Crippen molar-refractivity contribution in [3.63, 3.8) is 0 Å². The van der Waals surface area contributed by atoms with Crippen LogP contribution in [0.5, 0.6) is 0 Å². The summed E-state index contributed by atoms with van der Waals surface area (Å²) in [5, 5.41) is 0.791. The predicted octanol–water partition coefficient (Wildman–Crippen LogP) is 5.02. The van der Waals surface area contributed by atoms with E-state index >= 15 is 0 Å².